The maximum Gasteiger partial charge on any atom is 0.0967 e. The summed E-state index contributed by atoms with van der Waals surface area (Å²) < 4.78 is 0. The van der Waals surface area contributed by atoms with Crippen LogP contribution < -0.4 is 5.32 Å². The molecule has 1 fully saturated rings. The van der Waals surface area contributed by atoms with Gasteiger partial charge in [0.2, 0.25) is 0 Å². The molecule has 2 N–H and O–H groups in total. The van der Waals surface area contributed by atoms with Gasteiger partial charge < -0.3 is 10.4 Å². The molecule has 2 aliphatic rings. The standard InChI is InChI=1S/C9H16N2O/c1-2-9-10-7-4-3-6(12)5-8(7)11-9/h6-8,12H,2-5H2,1H3,(H,10,11). The first-order chi connectivity index (χ1) is 5.79. The number of hydrogen-bond acceptors (Lipinski definition) is 3. The van der Waals surface area contributed by atoms with Crippen LogP contribution in [0.3, 0.4) is 0 Å². The van der Waals surface area contributed by atoms with Crippen molar-refractivity contribution in [1.82, 2.24) is 5.32 Å². The largest absolute Gasteiger partial charge is 0.393 e. The Morgan fingerprint density at radius 1 is 1.58 bits per heavy atom. The fourth-order valence-corrected chi connectivity index (χ4v) is 2.09. The lowest BCUT2D eigenvalue weighted by molar-refractivity contribution is 0.112. The van der Waals surface area contributed by atoms with Gasteiger partial charge in [0, 0.05) is 6.42 Å². The fraction of sp³-hybridized carbons (Fsp3) is 0.889. The average Bonchev–Trinajstić information content (AvgIpc) is 2.46. The Bertz CT molecular complexity index is 203. The van der Waals surface area contributed by atoms with E-state index in [1.54, 1.807) is 0 Å². The van der Waals surface area contributed by atoms with E-state index in [0.717, 1.165) is 31.5 Å². The number of hydrogen-bond donors (Lipinski definition) is 2. The highest BCUT2D eigenvalue weighted by Gasteiger charge is 2.33. The third-order valence-electron chi connectivity index (χ3n) is 2.79. The summed E-state index contributed by atoms with van der Waals surface area (Å²) in [6.07, 6.45) is 3.72. The number of nitrogens with one attached hydrogen (secondary N) is 1. The minimum absolute atomic E-state index is 0.106. The Kier molecular flexibility index (Phi) is 2.05. The highest BCUT2D eigenvalue weighted by atomic mass is 16.3. The van der Waals surface area contributed by atoms with Gasteiger partial charge in [0.25, 0.3) is 0 Å². The van der Waals surface area contributed by atoms with E-state index >= 15 is 0 Å². The van der Waals surface area contributed by atoms with Gasteiger partial charge in [-0.2, -0.15) is 0 Å². The van der Waals surface area contributed by atoms with Crippen LogP contribution in [-0.4, -0.2) is 29.1 Å². The van der Waals surface area contributed by atoms with E-state index in [0.29, 0.717) is 12.1 Å². The summed E-state index contributed by atoms with van der Waals surface area (Å²) in [5.41, 5.74) is 0. The molecule has 0 aromatic rings. The summed E-state index contributed by atoms with van der Waals surface area (Å²) in [6, 6.07) is 0.868. The van der Waals surface area contributed by atoms with Gasteiger partial charge in [-0.3, -0.25) is 4.99 Å². The van der Waals surface area contributed by atoms with Crippen LogP contribution in [0.1, 0.15) is 32.6 Å². The Hall–Kier alpha value is -0.570. The minimum Gasteiger partial charge on any atom is -0.393 e. The maximum atomic E-state index is 9.42. The molecule has 1 aliphatic carbocycles. The third-order valence-corrected chi connectivity index (χ3v) is 2.79. The molecule has 0 aromatic heterocycles. The molecule has 68 valence electrons. The Labute approximate surface area is 72.9 Å². The second-order valence-electron chi connectivity index (χ2n) is 3.71. The van der Waals surface area contributed by atoms with Gasteiger partial charge in [0.1, 0.15) is 0 Å². The van der Waals surface area contributed by atoms with Crippen molar-refractivity contribution in [3.05, 3.63) is 0 Å². The molecule has 1 aliphatic heterocycles. The average molecular weight is 168 g/mol. The van der Waals surface area contributed by atoms with Crippen molar-refractivity contribution in [1.29, 1.82) is 0 Å². The summed E-state index contributed by atoms with van der Waals surface area (Å²) in [6.45, 7) is 2.11. The Morgan fingerprint density at radius 3 is 3.17 bits per heavy atom. The number of aliphatic imine (C=N–C) groups is 1. The number of nitrogens with zero attached hydrogens (tertiary/aromatic N) is 1. The zero-order valence-corrected chi connectivity index (χ0v) is 7.45. The molecule has 3 unspecified atom stereocenters. The first-order valence-corrected chi connectivity index (χ1v) is 4.81. The molecular weight excluding hydrogens is 152 g/mol. The lowest BCUT2D eigenvalue weighted by Gasteiger charge is -2.27. The molecule has 2 rings (SSSR count). The number of rotatable bonds is 1. The van der Waals surface area contributed by atoms with Gasteiger partial charge in [-0.15, -0.1) is 0 Å². The monoisotopic (exact) mass is 168 g/mol. The zero-order valence-electron chi connectivity index (χ0n) is 7.45. The molecule has 0 amide bonds. The second kappa shape index (κ2) is 3.05. The van der Waals surface area contributed by atoms with E-state index in [4.69, 9.17) is 0 Å². The molecule has 0 aromatic carbocycles. The Morgan fingerprint density at radius 2 is 2.42 bits per heavy atom. The number of amidine groups is 1. The van der Waals surface area contributed by atoms with Crippen LogP contribution in [0, 0.1) is 0 Å². The topological polar surface area (TPSA) is 44.6 Å². The van der Waals surface area contributed by atoms with E-state index in [1.165, 1.54) is 0 Å². The van der Waals surface area contributed by atoms with Crippen molar-refractivity contribution < 1.29 is 5.11 Å². The number of aliphatic hydroxyl groups excluding tert-OH is 1. The molecule has 1 saturated carbocycles. The zero-order chi connectivity index (χ0) is 8.55. The highest BCUT2D eigenvalue weighted by molar-refractivity contribution is 5.84. The molecule has 0 radical (unpaired) electrons. The van der Waals surface area contributed by atoms with Crippen molar-refractivity contribution in [3.63, 3.8) is 0 Å². The van der Waals surface area contributed by atoms with Crippen molar-refractivity contribution in [2.45, 2.75) is 50.8 Å². The van der Waals surface area contributed by atoms with E-state index in [1.807, 2.05) is 0 Å². The van der Waals surface area contributed by atoms with Crippen LogP contribution in [0.25, 0.3) is 0 Å². The number of fused-ring (bicyclic) bond motifs is 1. The quantitative estimate of drug-likeness (QED) is 0.604. The molecule has 0 spiro atoms. The lowest BCUT2D eigenvalue weighted by Crippen LogP contribution is -2.41. The van der Waals surface area contributed by atoms with E-state index in [9.17, 15) is 5.11 Å². The minimum atomic E-state index is -0.106. The molecule has 1 heterocycles. The summed E-state index contributed by atoms with van der Waals surface area (Å²) in [4.78, 5) is 4.56. The molecule has 0 bridgehead atoms. The van der Waals surface area contributed by atoms with Crippen LogP contribution >= 0.6 is 0 Å². The van der Waals surface area contributed by atoms with E-state index in [-0.39, 0.29) is 6.10 Å². The van der Waals surface area contributed by atoms with Crippen LogP contribution in [-0.2, 0) is 0 Å². The third kappa shape index (κ3) is 1.33. The van der Waals surface area contributed by atoms with Gasteiger partial charge in [0.05, 0.1) is 24.0 Å². The van der Waals surface area contributed by atoms with Crippen LogP contribution in [0.4, 0.5) is 0 Å². The summed E-state index contributed by atoms with van der Waals surface area (Å²) in [5, 5.41) is 12.8. The van der Waals surface area contributed by atoms with Gasteiger partial charge in [-0.05, 0) is 19.3 Å². The predicted molar refractivity (Wildman–Crippen MR) is 48.3 cm³/mol. The maximum absolute atomic E-state index is 9.42. The van der Waals surface area contributed by atoms with Crippen LogP contribution in [0.5, 0.6) is 0 Å². The van der Waals surface area contributed by atoms with Gasteiger partial charge in [0.15, 0.2) is 0 Å². The van der Waals surface area contributed by atoms with E-state index < -0.39 is 0 Å². The van der Waals surface area contributed by atoms with Gasteiger partial charge in [-0.25, -0.2) is 0 Å². The SMILES string of the molecule is CCC1=NC2CCC(O)CC2N1. The summed E-state index contributed by atoms with van der Waals surface area (Å²) in [5.74, 6) is 1.12. The molecule has 3 nitrogen and oxygen atoms in total. The van der Waals surface area contributed by atoms with Crippen LogP contribution in [0.2, 0.25) is 0 Å². The van der Waals surface area contributed by atoms with Crippen molar-refractivity contribution in [3.8, 4) is 0 Å². The first kappa shape index (κ1) is 8.05. The van der Waals surface area contributed by atoms with E-state index in [2.05, 4.69) is 17.2 Å². The molecule has 3 atom stereocenters. The fourth-order valence-electron chi connectivity index (χ4n) is 2.09. The van der Waals surface area contributed by atoms with Crippen molar-refractivity contribution in [2.24, 2.45) is 4.99 Å². The predicted octanol–water partition coefficient (Wildman–Crippen LogP) is 0.680. The highest BCUT2D eigenvalue weighted by Crippen LogP contribution is 2.25. The Balaban J connectivity index is 2.00. The van der Waals surface area contributed by atoms with Gasteiger partial charge in [-0.1, -0.05) is 6.92 Å². The molecule has 12 heavy (non-hydrogen) atoms. The second-order valence-corrected chi connectivity index (χ2v) is 3.71. The summed E-state index contributed by atoms with van der Waals surface area (Å²) in [7, 11) is 0. The molecule has 0 saturated heterocycles. The smallest absolute Gasteiger partial charge is 0.0967 e. The number of aliphatic hydroxyl groups is 1. The molecular formula is C9H16N2O. The molecule has 3 heteroatoms. The van der Waals surface area contributed by atoms with Crippen LogP contribution in [0.15, 0.2) is 4.99 Å². The normalized spacial score (nSPS) is 40.2. The van der Waals surface area contributed by atoms with Gasteiger partial charge >= 0.3 is 0 Å². The lowest BCUT2D eigenvalue weighted by atomic mass is 9.90. The van der Waals surface area contributed by atoms with Crippen molar-refractivity contribution >= 4 is 5.84 Å². The first-order valence-electron chi connectivity index (χ1n) is 4.81. The van der Waals surface area contributed by atoms with Crippen molar-refractivity contribution in [2.75, 3.05) is 0 Å². The summed E-state index contributed by atoms with van der Waals surface area (Å²) >= 11 is 0.